The summed E-state index contributed by atoms with van der Waals surface area (Å²) < 4.78 is 26.3. The number of benzene rings is 1. The minimum absolute atomic E-state index is 0.257. The van der Waals surface area contributed by atoms with Gasteiger partial charge in [-0.1, -0.05) is 0 Å². The summed E-state index contributed by atoms with van der Waals surface area (Å²) >= 11 is 0. The van der Waals surface area contributed by atoms with Gasteiger partial charge >= 0.3 is 0 Å². The highest BCUT2D eigenvalue weighted by Crippen LogP contribution is 2.21. The van der Waals surface area contributed by atoms with E-state index in [2.05, 4.69) is 9.97 Å². The highest BCUT2D eigenvalue weighted by Gasteiger charge is 2.08. The molecule has 2 N–H and O–H groups in total. The zero-order valence-corrected chi connectivity index (χ0v) is 9.03. The Morgan fingerprint density at radius 3 is 2.71 bits per heavy atom. The number of halogens is 2. The topological polar surface area (TPSA) is 51.8 Å². The molecule has 0 aliphatic rings. The molecular formula is C12H11F2N3. The Morgan fingerprint density at radius 2 is 2.00 bits per heavy atom. The summed E-state index contributed by atoms with van der Waals surface area (Å²) in [5, 5.41) is 0. The zero-order valence-electron chi connectivity index (χ0n) is 9.03. The molecule has 0 saturated carbocycles. The van der Waals surface area contributed by atoms with Gasteiger partial charge in [0, 0.05) is 24.2 Å². The first-order chi connectivity index (χ1) is 8.20. The van der Waals surface area contributed by atoms with Crippen LogP contribution in [0.25, 0.3) is 11.3 Å². The summed E-state index contributed by atoms with van der Waals surface area (Å²) in [4.78, 5) is 8.18. The van der Waals surface area contributed by atoms with Crippen molar-refractivity contribution >= 4 is 0 Å². The van der Waals surface area contributed by atoms with Crippen LogP contribution in [0.15, 0.2) is 30.5 Å². The zero-order chi connectivity index (χ0) is 12.3. The van der Waals surface area contributed by atoms with Gasteiger partial charge in [-0.15, -0.1) is 0 Å². The molecule has 5 heteroatoms. The van der Waals surface area contributed by atoms with Crippen molar-refractivity contribution in [3.8, 4) is 11.3 Å². The van der Waals surface area contributed by atoms with Crippen LogP contribution in [-0.2, 0) is 6.42 Å². The van der Waals surface area contributed by atoms with Crippen LogP contribution in [0.3, 0.4) is 0 Å². The maximum atomic E-state index is 13.5. The molecule has 0 atom stereocenters. The number of rotatable bonds is 3. The van der Waals surface area contributed by atoms with Gasteiger partial charge in [0.05, 0.1) is 5.69 Å². The molecule has 17 heavy (non-hydrogen) atoms. The molecule has 0 spiro atoms. The lowest BCUT2D eigenvalue weighted by atomic mass is 10.1. The van der Waals surface area contributed by atoms with Crippen molar-refractivity contribution in [2.75, 3.05) is 6.54 Å². The van der Waals surface area contributed by atoms with E-state index in [9.17, 15) is 8.78 Å². The molecule has 0 aliphatic heterocycles. The molecule has 1 heterocycles. The predicted octanol–water partition coefficient (Wildman–Crippen LogP) is 1.92. The van der Waals surface area contributed by atoms with Gasteiger partial charge in [0.15, 0.2) is 0 Å². The van der Waals surface area contributed by atoms with Crippen molar-refractivity contribution in [3.63, 3.8) is 0 Å². The largest absolute Gasteiger partial charge is 0.330 e. The normalized spacial score (nSPS) is 10.5. The Labute approximate surface area is 97.3 Å². The molecule has 88 valence electrons. The second kappa shape index (κ2) is 4.97. The highest BCUT2D eigenvalue weighted by atomic mass is 19.1. The van der Waals surface area contributed by atoms with E-state index in [0.717, 1.165) is 6.07 Å². The second-order valence-electron chi connectivity index (χ2n) is 3.52. The molecular weight excluding hydrogens is 224 g/mol. The summed E-state index contributed by atoms with van der Waals surface area (Å²) in [6, 6.07) is 4.97. The molecule has 3 nitrogen and oxygen atoms in total. The van der Waals surface area contributed by atoms with Gasteiger partial charge in [0.1, 0.15) is 17.5 Å². The molecule has 1 aromatic carbocycles. The quantitative estimate of drug-likeness (QED) is 0.884. The SMILES string of the molecule is NCCc1nccc(-c2ccc(F)cc2F)n1. The Bertz CT molecular complexity index is 529. The molecule has 2 rings (SSSR count). The molecule has 0 bridgehead atoms. The molecule has 0 unspecified atom stereocenters. The van der Waals surface area contributed by atoms with Crippen molar-refractivity contribution in [1.82, 2.24) is 9.97 Å². The van der Waals surface area contributed by atoms with Gasteiger partial charge in [0.25, 0.3) is 0 Å². The highest BCUT2D eigenvalue weighted by molar-refractivity contribution is 5.59. The fourth-order valence-electron chi connectivity index (χ4n) is 1.50. The molecule has 1 aromatic heterocycles. The van der Waals surface area contributed by atoms with Gasteiger partial charge in [-0.3, -0.25) is 0 Å². The van der Waals surface area contributed by atoms with Crippen LogP contribution in [-0.4, -0.2) is 16.5 Å². The van der Waals surface area contributed by atoms with E-state index in [0.29, 0.717) is 24.5 Å². The lowest BCUT2D eigenvalue weighted by Crippen LogP contribution is -2.06. The number of aromatic nitrogens is 2. The molecule has 0 radical (unpaired) electrons. The number of nitrogens with two attached hydrogens (primary N) is 1. The summed E-state index contributed by atoms with van der Waals surface area (Å²) in [6.45, 7) is 0.426. The second-order valence-corrected chi connectivity index (χ2v) is 3.52. The Hall–Kier alpha value is -1.88. The van der Waals surface area contributed by atoms with Crippen LogP contribution in [0.2, 0.25) is 0 Å². The summed E-state index contributed by atoms with van der Waals surface area (Å²) in [6.07, 6.45) is 2.06. The van der Waals surface area contributed by atoms with Crippen LogP contribution in [0.4, 0.5) is 8.78 Å². The van der Waals surface area contributed by atoms with Crippen LogP contribution >= 0.6 is 0 Å². The van der Waals surface area contributed by atoms with E-state index in [-0.39, 0.29) is 5.56 Å². The molecule has 0 amide bonds. The van der Waals surface area contributed by atoms with Crippen LogP contribution in [0, 0.1) is 11.6 Å². The Kier molecular flexibility index (Phi) is 3.39. The standard InChI is InChI=1S/C12H11F2N3/c13-8-1-2-9(10(14)7-8)11-4-6-16-12(17-11)3-5-15/h1-2,4,6-7H,3,5,15H2. The Morgan fingerprint density at radius 1 is 1.18 bits per heavy atom. The van der Waals surface area contributed by atoms with E-state index in [1.54, 1.807) is 6.07 Å². The lowest BCUT2D eigenvalue weighted by molar-refractivity contribution is 0.585. The van der Waals surface area contributed by atoms with E-state index < -0.39 is 11.6 Å². The first-order valence-electron chi connectivity index (χ1n) is 5.18. The number of nitrogens with zero attached hydrogens (tertiary/aromatic N) is 2. The van der Waals surface area contributed by atoms with E-state index in [1.807, 2.05) is 0 Å². The third-order valence-electron chi connectivity index (χ3n) is 2.28. The third kappa shape index (κ3) is 2.62. The maximum Gasteiger partial charge on any atom is 0.135 e. The number of hydrogen-bond acceptors (Lipinski definition) is 3. The first-order valence-corrected chi connectivity index (χ1v) is 5.18. The van der Waals surface area contributed by atoms with Crippen LogP contribution in [0.5, 0.6) is 0 Å². The smallest absolute Gasteiger partial charge is 0.135 e. The maximum absolute atomic E-state index is 13.5. The van der Waals surface area contributed by atoms with Gasteiger partial charge in [-0.2, -0.15) is 0 Å². The fraction of sp³-hybridized carbons (Fsp3) is 0.167. The Balaban J connectivity index is 2.42. The number of hydrogen-bond donors (Lipinski definition) is 1. The average molecular weight is 235 g/mol. The van der Waals surface area contributed by atoms with Crippen molar-refractivity contribution in [2.45, 2.75) is 6.42 Å². The predicted molar refractivity (Wildman–Crippen MR) is 60.1 cm³/mol. The van der Waals surface area contributed by atoms with Gasteiger partial charge in [-0.25, -0.2) is 18.7 Å². The van der Waals surface area contributed by atoms with Gasteiger partial charge in [-0.05, 0) is 24.7 Å². The van der Waals surface area contributed by atoms with Gasteiger partial charge in [0.2, 0.25) is 0 Å². The van der Waals surface area contributed by atoms with Crippen molar-refractivity contribution in [2.24, 2.45) is 5.73 Å². The van der Waals surface area contributed by atoms with E-state index in [4.69, 9.17) is 5.73 Å². The van der Waals surface area contributed by atoms with Crippen molar-refractivity contribution in [3.05, 3.63) is 47.9 Å². The first kappa shape index (κ1) is 11.6. The van der Waals surface area contributed by atoms with Crippen molar-refractivity contribution in [1.29, 1.82) is 0 Å². The molecule has 0 aliphatic carbocycles. The summed E-state index contributed by atoms with van der Waals surface area (Å²) in [5.74, 6) is -0.696. The van der Waals surface area contributed by atoms with Crippen molar-refractivity contribution < 1.29 is 8.78 Å². The molecule has 2 aromatic rings. The van der Waals surface area contributed by atoms with E-state index in [1.165, 1.54) is 18.3 Å². The van der Waals surface area contributed by atoms with Gasteiger partial charge < -0.3 is 5.73 Å². The van der Waals surface area contributed by atoms with Crippen LogP contribution in [0.1, 0.15) is 5.82 Å². The third-order valence-corrected chi connectivity index (χ3v) is 2.28. The minimum Gasteiger partial charge on any atom is -0.330 e. The fourth-order valence-corrected chi connectivity index (χ4v) is 1.50. The lowest BCUT2D eigenvalue weighted by Gasteiger charge is -2.04. The summed E-state index contributed by atoms with van der Waals surface area (Å²) in [7, 11) is 0. The minimum atomic E-state index is -0.637. The monoisotopic (exact) mass is 235 g/mol. The summed E-state index contributed by atoms with van der Waals surface area (Å²) in [5.41, 5.74) is 6.08. The molecule has 0 fully saturated rings. The molecule has 0 saturated heterocycles. The average Bonchev–Trinajstić information content (AvgIpc) is 2.29. The van der Waals surface area contributed by atoms with E-state index >= 15 is 0 Å². The van der Waals surface area contributed by atoms with Crippen LogP contribution < -0.4 is 5.73 Å².